The molecule has 0 N–H and O–H groups in total. The van der Waals surface area contributed by atoms with E-state index in [1.54, 1.807) is 12.1 Å². The Kier molecular flexibility index (Phi) is 8.42. The predicted octanol–water partition coefficient (Wildman–Crippen LogP) is 2.97. The SMILES string of the molecule is CCN(CC)CCC(=O)N1CCN(C(=O)C(c2ccc(F)cc2)C(C)C)CC1. The lowest BCUT2D eigenvalue weighted by atomic mass is 9.87. The molecule has 1 heterocycles. The van der Waals surface area contributed by atoms with Crippen molar-refractivity contribution in [3.8, 4) is 0 Å². The zero-order valence-corrected chi connectivity index (χ0v) is 17.7. The molecule has 1 unspecified atom stereocenters. The lowest BCUT2D eigenvalue weighted by molar-refractivity contribution is -0.141. The second kappa shape index (κ2) is 10.6. The first-order valence-electron chi connectivity index (χ1n) is 10.4. The molecule has 1 saturated heterocycles. The standard InChI is InChI=1S/C22H34FN3O2/c1-5-24(6-2)12-11-20(27)25-13-15-26(16-14-25)22(28)21(17(3)4)18-7-9-19(23)10-8-18/h7-10,17,21H,5-6,11-16H2,1-4H3. The van der Waals surface area contributed by atoms with Gasteiger partial charge in [-0.1, -0.05) is 39.8 Å². The van der Waals surface area contributed by atoms with Crippen LogP contribution >= 0.6 is 0 Å². The first-order chi connectivity index (χ1) is 13.4. The van der Waals surface area contributed by atoms with E-state index in [-0.39, 0.29) is 29.5 Å². The smallest absolute Gasteiger partial charge is 0.230 e. The van der Waals surface area contributed by atoms with Crippen LogP contribution in [0.1, 0.15) is 45.6 Å². The molecule has 156 valence electrons. The summed E-state index contributed by atoms with van der Waals surface area (Å²) in [5.41, 5.74) is 0.846. The summed E-state index contributed by atoms with van der Waals surface area (Å²) in [7, 11) is 0. The normalized spacial score (nSPS) is 16.0. The molecule has 1 aliphatic heterocycles. The monoisotopic (exact) mass is 391 g/mol. The van der Waals surface area contributed by atoms with Gasteiger partial charge in [0.05, 0.1) is 5.92 Å². The Morgan fingerprint density at radius 2 is 1.54 bits per heavy atom. The number of hydrogen-bond acceptors (Lipinski definition) is 3. The van der Waals surface area contributed by atoms with Crippen LogP contribution in [0.5, 0.6) is 0 Å². The highest BCUT2D eigenvalue weighted by atomic mass is 19.1. The molecule has 0 saturated carbocycles. The summed E-state index contributed by atoms with van der Waals surface area (Å²) in [4.78, 5) is 31.5. The van der Waals surface area contributed by atoms with Crippen molar-refractivity contribution in [2.75, 3.05) is 45.8 Å². The molecule has 0 aliphatic carbocycles. The molecular weight excluding hydrogens is 357 g/mol. The fourth-order valence-corrected chi connectivity index (χ4v) is 3.81. The largest absolute Gasteiger partial charge is 0.339 e. The Bertz CT molecular complexity index is 636. The molecule has 0 radical (unpaired) electrons. The number of piperazine rings is 1. The Morgan fingerprint density at radius 1 is 1.00 bits per heavy atom. The topological polar surface area (TPSA) is 43.9 Å². The maximum Gasteiger partial charge on any atom is 0.230 e. The number of carbonyl (C=O) groups excluding carboxylic acids is 2. The molecule has 2 amide bonds. The van der Waals surface area contributed by atoms with Gasteiger partial charge in [-0.05, 0) is 36.7 Å². The lowest BCUT2D eigenvalue weighted by Gasteiger charge is -2.37. The van der Waals surface area contributed by atoms with Crippen molar-refractivity contribution in [2.24, 2.45) is 5.92 Å². The summed E-state index contributed by atoms with van der Waals surface area (Å²) in [5, 5.41) is 0. The Labute approximate surface area is 168 Å². The highest BCUT2D eigenvalue weighted by molar-refractivity contribution is 5.84. The van der Waals surface area contributed by atoms with Gasteiger partial charge in [0.15, 0.2) is 0 Å². The number of amides is 2. The van der Waals surface area contributed by atoms with E-state index in [0.717, 1.165) is 25.2 Å². The molecule has 5 nitrogen and oxygen atoms in total. The van der Waals surface area contributed by atoms with Crippen molar-refractivity contribution < 1.29 is 14.0 Å². The summed E-state index contributed by atoms with van der Waals surface area (Å²) in [6, 6.07) is 6.21. The molecule has 2 rings (SSSR count). The third kappa shape index (κ3) is 5.77. The number of carbonyl (C=O) groups is 2. The molecule has 1 fully saturated rings. The van der Waals surface area contributed by atoms with E-state index >= 15 is 0 Å². The highest BCUT2D eigenvalue weighted by Gasteiger charge is 2.31. The van der Waals surface area contributed by atoms with E-state index in [1.807, 2.05) is 23.6 Å². The van der Waals surface area contributed by atoms with Crippen molar-refractivity contribution in [3.05, 3.63) is 35.6 Å². The Hall–Kier alpha value is -1.95. The van der Waals surface area contributed by atoms with E-state index < -0.39 is 0 Å². The molecule has 0 spiro atoms. The molecule has 6 heteroatoms. The summed E-state index contributed by atoms with van der Waals surface area (Å²) >= 11 is 0. The number of benzene rings is 1. The molecule has 0 bridgehead atoms. The van der Waals surface area contributed by atoms with Crippen LogP contribution in [0, 0.1) is 11.7 Å². The highest BCUT2D eigenvalue weighted by Crippen LogP contribution is 2.27. The number of rotatable bonds is 8. The van der Waals surface area contributed by atoms with Gasteiger partial charge in [-0.25, -0.2) is 4.39 Å². The minimum Gasteiger partial charge on any atom is -0.339 e. The van der Waals surface area contributed by atoms with Gasteiger partial charge in [0.1, 0.15) is 5.82 Å². The average Bonchev–Trinajstić information content (AvgIpc) is 2.70. The van der Waals surface area contributed by atoms with Gasteiger partial charge < -0.3 is 14.7 Å². The zero-order valence-electron chi connectivity index (χ0n) is 17.7. The lowest BCUT2D eigenvalue weighted by Crippen LogP contribution is -2.52. The van der Waals surface area contributed by atoms with Crippen molar-refractivity contribution in [2.45, 2.75) is 40.0 Å². The average molecular weight is 392 g/mol. The van der Waals surface area contributed by atoms with Gasteiger partial charge in [-0.2, -0.15) is 0 Å². The van der Waals surface area contributed by atoms with E-state index in [9.17, 15) is 14.0 Å². The van der Waals surface area contributed by atoms with Gasteiger partial charge in [0, 0.05) is 39.1 Å². The summed E-state index contributed by atoms with van der Waals surface area (Å²) in [5.74, 6) is -0.234. The zero-order chi connectivity index (χ0) is 20.7. The van der Waals surface area contributed by atoms with Gasteiger partial charge in [0.25, 0.3) is 0 Å². The van der Waals surface area contributed by atoms with Crippen molar-refractivity contribution >= 4 is 11.8 Å². The first-order valence-corrected chi connectivity index (χ1v) is 10.4. The van der Waals surface area contributed by atoms with Crippen LogP contribution in [0.15, 0.2) is 24.3 Å². The second-order valence-electron chi connectivity index (χ2n) is 7.76. The Morgan fingerprint density at radius 3 is 2.04 bits per heavy atom. The maximum absolute atomic E-state index is 13.2. The van der Waals surface area contributed by atoms with Crippen LogP contribution in [-0.2, 0) is 9.59 Å². The van der Waals surface area contributed by atoms with Crippen LogP contribution in [0.4, 0.5) is 4.39 Å². The summed E-state index contributed by atoms with van der Waals surface area (Å²) in [6.07, 6.45) is 0.528. The number of nitrogens with zero attached hydrogens (tertiary/aromatic N) is 3. The number of halogens is 1. The van der Waals surface area contributed by atoms with Gasteiger partial charge >= 0.3 is 0 Å². The van der Waals surface area contributed by atoms with E-state index in [1.165, 1.54) is 12.1 Å². The van der Waals surface area contributed by atoms with E-state index in [0.29, 0.717) is 32.6 Å². The van der Waals surface area contributed by atoms with Crippen LogP contribution < -0.4 is 0 Å². The van der Waals surface area contributed by atoms with E-state index in [4.69, 9.17) is 0 Å². The second-order valence-corrected chi connectivity index (χ2v) is 7.76. The number of hydrogen-bond donors (Lipinski definition) is 0. The van der Waals surface area contributed by atoms with Crippen molar-refractivity contribution in [1.82, 2.24) is 14.7 Å². The molecule has 0 aromatic heterocycles. The van der Waals surface area contributed by atoms with E-state index in [2.05, 4.69) is 18.7 Å². The molecule has 1 aromatic carbocycles. The quantitative estimate of drug-likeness (QED) is 0.684. The predicted molar refractivity (Wildman–Crippen MR) is 110 cm³/mol. The first kappa shape index (κ1) is 22.3. The Balaban J connectivity index is 1.92. The maximum atomic E-state index is 13.2. The molecular formula is C22H34FN3O2. The van der Waals surface area contributed by atoms with Crippen molar-refractivity contribution in [1.29, 1.82) is 0 Å². The van der Waals surface area contributed by atoms with Crippen LogP contribution in [0.25, 0.3) is 0 Å². The molecule has 1 atom stereocenters. The molecule has 1 aliphatic rings. The van der Waals surface area contributed by atoms with Gasteiger partial charge in [-0.15, -0.1) is 0 Å². The summed E-state index contributed by atoms with van der Waals surface area (Å²) in [6.45, 7) is 13.2. The fraction of sp³-hybridized carbons (Fsp3) is 0.636. The summed E-state index contributed by atoms with van der Waals surface area (Å²) < 4.78 is 13.2. The molecule has 28 heavy (non-hydrogen) atoms. The third-order valence-corrected chi connectivity index (χ3v) is 5.64. The molecule has 1 aromatic rings. The van der Waals surface area contributed by atoms with Gasteiger partial charge in [0.2, 0.25) is 11.8 Å². The van der Waals surface area contributed by atoms with Crippen molar-refractivity contribution in [3.63, 3.8) is 0 Å². The third-order valence-electron chi connectivity index (χ3n) is 5.64. The minimum atomic E-state index is -0.296. The van der Waals surface area contributed by atoms with Crippen LogP contribution in [0.2, 0.25) is 0 Å². The van der Waals surface area contributed by atoms with Crippen LogP contribution in [0.3, 0.4) is 0 Å². The minimum absolute atomic E-state index is 0.0665. The van der Waals surface area contributed by atoms with Gasteiger partial charge in [-0.3, -0.25) is 9.59 Å². The fourth-order valence-electron chi connectivity index (χ4n) is 3.81. The van der Waals surface area contributed by atoms with Crippen LogP contribution in [-0.4, -0.2) is 72.3 Å².